The van der Waals surface area contributed by atoms with Crippen molar-refractivity contribution in [2.75, 3.05) is 5.01 Å². The van der Waals surface area contributed by atoms with Gasteiger partial charge < -0.3 is 9.84 Å². The molecule has 5 heteroatoms. The first-order valence-electron chi connectivity index (χ1n) is 10.2. The van der Waals surface area contributed by atoms with Gasteiger partial charge in [0.1, 0.15) is 12.4 Å². The molecule has 0 fully saturated rings. The van der Waals surface area contributed by atoms with Crippen molar-refractivity contribution in [3.63, 3.8) is 0 Å². The van der Waals surface area contributed by atoms with E-state index in [1.54, 1.807) is 30.5 Å². The number of hydrogen-bond donors (Lipinski definition) is 1. The van der Waals surface area contributed by atoms with Crippen LogP contribution in [0.2, 0.25) is 0 Å². The zero-order valence-electron chi connectivity index (χ0n) is 17.3. The summed E-state index contributed by atoms with van der Waals surface area (Å²) in [4.78, 5) is 11.0. The molecule has 0 saturated heterocycles. The molecule has 4 aromatic carbocycles. The fourth-order valence-electron chi connectivity index (χ4n) is 3.16. The van der Waals surface area contributed by atoms with E-state index in [1.807, 2.05) is 89.9 Å². The maximum atomic E-state index is 11.0. The molecule has 5 nitrogen and oxygen atoms in total. The number of rotatable bonds is 8. The highest BCUT2D eigenvalue weighted by Gasteiger charge is 2.08. The van der Waals surface area contributed by atoms with Crippen molar-refractivity contribution < 1.29 is 14.6 Å². The molecule has 4 aromatic rings. The first-order valence-corrected chi connectivity index (χ1v) is 10.2. The van der Waals surface area contributed by atoms with E-state index in [0.29, 0.717) is 12.4 Å². The minimum Gasteiger partial charge on any atom is -0.488 e. The van der Waals surface area contributed by atoms with Gasteiger partial charge in [-0.1, -0.05) is 60.7 Å². The van der Waals surface area contributed by atoms with Gasteiger partial charge in [-0.05, 0) is 54.1 Å². The van der Waals surface area contributed by atoms with Crippen LogP contribution in [-0.4, -0.2) is 17.3 Å². The monoisotopic (exact) mass is 422 g/mol. The summed E-state index contributed by atoms with van der Waals surface area (Å²) in [5.74, 6) is -0.250. The second-order valence-corrected chi connectivity index (χ2v) is 7.06. The SMILES string of the molecule is O=C(O)c1ccc(COc2ccccc2/C=N\N(c2ccccc2)c2ccccc2)cc1. The zero-order valence-corrected chi connectivity index (χ0v) is 17.3. The summed E-state index contributed by atoms with van der Waals surface area (Å²) in [6.45, 7) is 0.325. The second-order valence-electron chi connectivity index (χ2n) is 7.06. The Balaban J connectivity index is 1.55. The number of ether oxygens (including phenoxy) is 1. The number of para-hydroxylation sites is 3. The van der Waals surface area contributed by atoms with Crippen molar-refractivity contribution in [3.05, 3.63) is 126 Å². The summed E-state index contributed by atoms with van der Waals surface area (Å²) in [7, 11) is 0. The second kappa shape index (κ2) is 10.1. The topological polar surface area (TPSA) is 62.1 Å². The van der Waals surface area contributed by atoms with Gasteiger partial charge in [-0.2, -0.15) is 5.10 Å². The molecular weight excluding hydrogens is 400 g/mol. The lowest BCUT2D eigenvalue weighted by Crippen LogP contribution is -2.09. The van der Waals surface area contributed by atoms with E-state index < -0.39 is 5.97 Å². The van der Waals surface area contributed by atoms with Gasteiger partial charge in [0.2, 0.25) is 0 Å². The Labute approximate surface area is 186 Å². The Bertz CT molecular complexity index is 1150. The Kier molecular flexibility index (Phi) is 6.58. The Morgan fingerprint density at radius 2 is 1.34 bits per heavy atom. The minimum absolute atomic E-state index is 0.253. The molecule has 0 saturated carbocycles. The van der Waals surface area contributed by atoms with E-state index >= 15 is 0 Å². The predicted octanol–water partition coefficient (Wildman–Crippen LogP) is 6.14. The molecule has 0 amide bonds. The lowest BCUT2D eigenvalue weighted by Gasteiger charge is -2.19. The molecule has 0 aliphatic carbocycles. The molecule has 0 bridgehead atoms. The summed E-state index contributed by atoms with van der Waals surface area (Å²) in [6, 6.07) is 34.2. The first-order chi connectivity index (χ1) is 15.7. The molecule has 4 rings (SSSR count). The van der Waals surface area contributed by atoms with E-state index in [2.05, 4.69) is 0 Å². The van der Waals surface area contributed by atoms with Crippen LogP contribution in [0.5, 0.6) is 5.75 Å². The van der Waals surface area contributed by atoms with Gasteiger partial charge in [0.05, 0.1) is 23.2 Å². The number of carbonyl (C=O) groups is 1. The lowest BCUT2D eigenvalue weighted by molar-refractivity contribution is 0.0697. The van der Waals surface area contributed by atoms with Crippen LogP contribution in [0.15, 0.2) is 114 Å². The molecule has 0 heterocycles. The maximum Gasteiger partial charge on any atom is 0.335 e. The van der Waals surface area contributed by atoms with Gasteiger partial charge in [0.25, 0.3) is 0 Å². The summed E-state index contributed by atoms with van der Waals surface area (Å²) in [5, 5.41) is 15.7. The maximum absolute atomic E-state index is 11.0. The number of nitrogens with zero attached hydrogens (tertiary/aromatic N) is 2. The van der Waals surface area contributed by atoms with E-state index in [9.17, 15) is 4.79 Å². The summed E-state index contributed by atoms with van der Waals surface area (Å²) >= 11 is 0. The summed E-state index contributed by atoms with van der Waals surface area (Å²) < 4.78 is 6.01. The standard InChI is InChI=1S/C27H22N2O3/c30-27(31)22-17-15-21(16-18-22)20-32-26-14-8-7-9-23(26)19-28-29(24-10-3-1-4-11-24)25-12-5-2-6-13-25/h1-19H,20H2,(H,30,31)/b28-19-. The van der Waals surface area contributed by atoms with Gasteiger partial charge in [0.15, 0.2) is 0 Å². The van der Waals surface area contributed by atoms with Crippen molar-refractivity contribution in [1.29, 1.82) is 0 Å². The molecular formula is C27H22N2O3. The quantitative estimate of drug-likeness (QED) is 0.274. The molecule has 0 spiro atoms. The average molecular weight is 422 g/mol. The predicted molar refractivity (Wildman–Crippen MR) is 127 cm³/mol. The lowest BCUT2D eigenvalue weighted by atomic mass is 10.1. The largest absolute Gasteiger partial charge is 0.488 e. The van der Waals surface area contributed by atoms with Crippen LogP contribution >= 0.6 is 0 Å². The average Bonchev–Trinajstić information content (AvgIpc) is 2.85. The van der Waals surface area contributed by atoms with Gasteiger partial charge in [-0.15, -0.1) is 0 Å². The fraction of sp³-hybridized carbons (Fsp3) is 0.0370. The van der Waals surface area contributed by atoms with Crippen molar-refractivity contribution in [2.24, 2.45) is 5.10 Å². The summed E-state index contributed by atoms with van der Waals surface area (Å²) in [5.41, 5.74) is 3.88. The van der Waals surface area contributed by atoms with Gasteiger partial charge in [0, 0.05) is 5.56 Å². The number of hydrogen-bond acceptors (Lipinski definition) is 4. The Morgan fingerprint density at radius 3 is 1.94 bits per heavy atom. The van der Waals surface area contributed by atoms with Crippen molar-refractivity contribution in [1.82, 2.24) is 0 Å². The van der Waals surface area contributed by atoms with Gasteiger partial charge in [-0.3, -0.25) is 0 Å². The summed E-state index contributed by atoms with van der Waals surface area (Å²) in [6.07, 6.45) is 1.78. The van der Waals surface area contributed by atoms with Crippen LogP contribution in [-0.2, 0) is 6.61 Å². The molecule has 0 atom stereocenters. The van der Waals surface area contributed by atoms with Crippen molar-refractivity contribution in [3.8, 4) is 5.75 Å². The van der Waals surface area contributed by atoms with Crippen LogP contribution in [0, 0.1) is 0 Å². The highest BCUT2D eigenvalue weighted by atomic mass is 16.5. The molecule has 158 valence electrons. The van der Waals surface area contributed by atoms with Crippen LogP contribution in [0.25, 0.3) is 0 Å². The number of hydrazone groups is 1. The van der Waals surface area contributed by atoms with E-state index in [4.69, 9.17) is 14.9 Å². The third-order valence-corrected chi connectivity index (χ3v) is 4.83. The highest BCUT2D eigenvalue weighted by molar-refractivity contribution is 5.87. The molecule has 0 aliphatic heterocycles. The Hall–Kier alpha value is -4.38. The molecule has 1 N–H and O–H groups in total. The number of anilines is 2. The van der Waals surface area contributed by atoms with Crippen molar-refractivity contribution in [2.45, 2.75) is 6.61 Å². The number of carboxylic acid groups (broad SMARTS) is 1. The fourth-order valence-corrected chi connectivity index (χ4v) is 3.16. The number of benzene rings is 4. The van der Waals surface area contributed by atoms with Crippen LogP contribution in [0.3, 0.4) is 0 Å². The van der Waals surface area contributed by atoms with Gasteiger partial charge >= 0.3 is 5.97 Å². The number of aromatic carboxylic acids is 1. The minimum atomic E-state index is -0.944. The van der Waals surface area contributed by atoms with Crippen LogP contribution in [0.1, 0.15) is 21.5 Å². The highest BCUT2D eigenvalue weighted by Crippen LogP contribution is 2.26. The van der Waals surface area contributed by atoms with Gasteiger partial charge in [-0.25, -0.2) is 9.80 Å². The van der Waals surface area contributed by atoms with E-state index in [1.165, 1.54) is 0 Å². The third kappa shape index (κ3) is 5.21. The molecule has 32 heavy (non-hydrogen) atoms. The normalized spacial score (nSPS) is 10.8. The van der Waals surface area contributed by atoms with Crippen LogP contribution in [0.4, 0.5) is 11.4 Å². The van der Waals surface area contributed by atoms with E-state index in [-0.39, 0.29) is 5.56 Å². The molecule has 0 unspecified atom stereocenters. The molecule has 0 aliphatic rings. The molecule has 0 radical (unpaired) electrons. The Morgan fingerprint density at radius 1 is 0.781 bits per heavy atom. The van der Waals surface area contributed by atoms with Crippen LogP contribution < -0.4 is 9.75 Å². The van der Waals surface area contributed by atoms with E-state index in [0.717, 1.165) is 22.5 Å². The van der Waals surface area contributed by atoms with Crippen molar-refractivity contribution >= 4 is 23.6 Å². The third-order valence-electron chi connectivity index (χ3n) is 4.83. The first kappa shape index (κ1) is 20.9. The smallest absolute Gasteiger partial charge is 0.335 e. The molecule has 0 aromatic heterocycles. The number of carboxylic acids is 1. The zero-order chi connectivity index (χ0) is 22.2.